The van der Waals surface area contributed by atoms with Gasteiger partial charge >= 0.3 is 5.97 Å². The summed E-state index contributed by atoms with van der Waals surface area (Å²) in [6.45, 7) is 2.27. The summed E-state index contributed by atoms with van der Waals surface area (Å²) in [6.07, 6.45) is 12.5. The van der Waals surface area contributed by atoms with Crippen molar-refractivity contribution in [2.24, 2.45) is 17.8 Å². The third-order valence-corrected chi connectivity index (χ3v) is 9.48. The topological polar surface area (TPSA) is 41.6 Å². The third-order valence-electron chi connectivity index (χ3n) is 7.89. The second-order valence-electron chi connectivity index (χ2n) is 9.77. The summed E-state index contributed by atoms with van der Waals surface area (Å²) in [5, 5.41) is 5.18. The molecule has 0 aromatic carbocycles. The highest BCUT2D eigenvalue weighted by atomic mass is 32.1. The van der Waals surface area contributed by atoms with Crippen molar-refractivity contribution in [1.29, 1.82) is 0 Å². The lowest BCUT2D eigenvalue weighted by Gasteiger charge is -2.60. The first kappa shape index (κ1) is 19.8. The lowest BCUT2D eigenvalue weighted by molar-refractivity contribution is -0.0538. The van der Waals surface area contributed by atoms with E-state index in [-0.39, 0.29) is 11.5 Å². The van der Waals surface area contributed by atoms with Crippen LogP contribution in [0.5, 0.6) is 0 Å². The van der Waals surface area contributed by atoms with Crippen molar-refractivity contribution in [3.63, 3.8) is 0 Å². The summed E-state index contributed by atoms with van der Waals surface area (Å²) < 4.78 is 5.41. The SMILES string of the molecule is CCOC(=O)c1c(NC(=S)N(C)C23CC4CC(CC(C4)C2)C3)sc2c1CCCC2. The number of carbonyl (C=O) groups is 1. The molecule has 0 spiro atoms. The van der Waals surface area contributed by atoms with Gasteiger partial charge in [-0.25, -0.2) is 4.79 Å². The number of nitrogens with one attached hydrogen (secondary N) is 1. The van der Waals surface area contributed by atoms with Crippen LogP contribution in [-0.2, 0) is 17.6 Å². The fraction of sp³-hybridized carbons (Fsp3) is 0.739. The molecule has 158 valence electrons. The molecule has 5 aliphatic carbocycles. The maximum absolute atomic E-state index is 12.8. The van der Waals surface area contributed by atoms with E-state index in [9.17, 15) is 4.79 Å². The number of nitrogens with zero attached hydrogens (tertiary/aromatic N) is 1. The Morgan fingerprint density at radius 1 is 1.17 bits per heavy atom. The highest BCUT2D eigenvalue weighted by Gasteiger charge is 2.53. The lowest BCUT2D eigenvalue weighted by atomic mass is 9.52. The van der Waals surface area contributed by atoms with Gasteiger partial charge in [0.2, 0.25) is 0 Å². The average molecular weight is 433 g/mol. The van der Waals surface area contributed by atoms with Crippen molar-refractivity contribution in [2.45, 2.75) is 76.7 Å². The number of carbonyl (C=O) groups excluding carboxylic acids is 1. The van der Waals surface area contributed by atoms with Gasteiger partial charge in [-0.3, -0.25) is 0 Å². The highest BCUT2D eigenvalue weighted by molar-refractivity contribution is 7.80. The van der Waals surface area contributed by atoms with E-state index in [4.69, 9.17) is 17.0 Å². The molecule has 0 radical (unpaired) electrons. The van der Waals surface area contributed by atoms with Gasteiger partial charge in [-0.2, -0.15) is 0 Å². The first-order chi connectivity index (χ1) is 14.0. The zero-order valence-electron chi connectivity index (χ0n) is 17.6. The summed E-state index contributed by atoms with van der Waals surface area (Å²) in [5.41, 5.74) is 2.16. The molecule has 1 heterocycles. The van der Waals surface area contributed by atoms with Crippen LogP contribution in [0.15, 0.2) is 0 Å². The van der Waals surface area contributed by atoms with Crippen LogP contribution >= 0.6 is 23.6 Å². The van der Waals surface area contributed by atoms with Gasteiger partial charge in [0.05, 0.1) is 12.2 Å². The molecule has 4 bridgehead atoms. The summed E-state index contributed by atoms with van der Waals surface area (Å²) in [6, 6.07) is 0. The molecule has 1 N–H and O–H groups in total. The first-order valence-electron chi connectivity index (χ1n) is 11.4. The van der Waals surface area contributed by atoms with Crippen molar-refractivity contribution >= 4 is 39.6 Å². The monoisotopic (exact) mass is 432 g/mol. The van der Waals surface area contributed by atoms with Crippen LogP contribution in [0.4, 0.5) is 5.00 Å². The standard InChI is InChI=1S/C23H32N2O2S2/c1-3-27-21(26)19-17-6-4-5-7-18(17)29-20(19)24-22(28)25(2)23-11-14-8-15(12-23)10-16(9-14)13-23/h14-16H,3-13H2,1-2H3,(H,24,28). The Morgan fingerprint density at radius 3 is 2.41 bits per heavy atom. The van der Waals surface area contributed by atoms with E-state index in [1.807, 2.05) is 6.92 Å². The van der Waals surface area contributed by atoms with Gasteiger partial charge in [-0.05, 0) is 107 Å². The number of hydrogen-bond donors (Lipinski definition) is 1. The number of hydrogen-bond acceptors (Lipinski definition) is 4. The molecular weight excluding hydrogens is 400 g/mol. The Kier molecular flexibility index (Phi) is 5.14. The molecule has 6 rings (SSSR count). The van der Waals surface area contributed by atoms with Crippen LogP contribution in [0.1, 0.15) is 79.1 Å². The number of rotatable bonds is 4. The zero-order valence-corrected chi connectivity index (χ0v) is 19.2. The second-order valence-corrected chi connectivity index (χ2v) is 11.3. The number of fused-ring (bicyclic) bond motifs is 1. The van der Waals surface area contributed by atoms with Crippen molar-refractivity contribution in [3.05, 3.63) is 16.0 Å². The smallest absolute Gasteiger partial charge is 0.341 e. The maximum atomic E-state index is 12.8. The van der Waals surface area contributed by atoms with Crippen molar-refractivity contribution in [2.75, 3.05) is 19.0 Å². The molecule has 0 aliphatic heterocycles. The molecule has 29 heavy (non-hydrogen) atoms. The van der Waals surface area contributed by atoms with Gasteiger partial charge in [0.15, 0.2) is 5.11 Å². The van der Waals surface area contributed by atoms with E-state index in [2.05, 4.69) is 17.3 Å². The Balaban J connectivity index is 1.39. The number of ether oxygens (including phenoxy) is 1. The van der Waals surface area contributed by atoms with E-state index in [1.54, 1.807) is 11.3 Å². The molecular formula is C23H32N2O2S2. The number of esters is 1. The number of anilines is 1. The molecule has 4 nitrogen and oxygen atoms in total. The number of aryl methyl sites for hydroxylation is 1. The fourth-order valence-electron chi connectivity index (χ4n) is 6.95. The molecule has 0 amide bonds. The van der Waals surface area contributed by atoms with Crippen LogP contribution in [0.3, 0.4) is 0 Å². The van der Waals surface area contributed by atoms with Gasteiger partial charge in [0.1, 0.15) is 5.00 Å². The van der Waals surface area contributed by atoms with Crippen molar-refractivity contribution < 1.29 is 9.53 Å². The summed E-state index contributed by atoms with van der Waals surface area (Å²) in [5.74, 6) is 2.46. The minimum absolute atomic E-state index is 0.199. The highest BCUT2D eigenvalue weighted by Crippen LogP contribution is 2.57. The molecule has 0 atom stereocenters. The van der Waals surface area contributed by atoms with E-state index in [0.717, 1.165) is 52.7 Å². The Bertz CT molecular complexity index is 796. The summed E-state index contributed by atoms with van der Waals surface area (Å²) in [7, 11) is 2.18. The molecule has 1 aromatic heterocycles. The van der Waals surface area contributed by atoms with Crippen LogP contribution in [0.25, 0.3) is 0 Å². The van der Waals surface area contributed by atoms with Crippen LogP contribution < -0.4 is 5.32 Å². The van der Waals surface area contributed by atoms with Crippen molar-refractivity contribution in [3.8, 4) is 0 Å². The molecule has 4 saturated carbocycles. The van der Waals surface area contributed by atoms with Crippen LogP contribution in [-0.4, -0.2) is 35.2 Å². The summed E-state index contributed by atoms with van der Waals surface area (Å²) in [4.78, 5) is 16.5. The van der Waals surface area contributed by atoms with Gasteiger partial charge in [-0.15, -0.1) is 11.3 Å². The van der Waals surface area contributed by atoms with E-state index in [1.165, 1.54) is 55.4 Å². The fourth-order valence-corrected chi connectivity index (χ4v) is 8.58. The molecule has 0 unspecified atom stereocenters. The normalized spacial score (nSPS) is 32.0. The maximum Gasteiger partial charge on any atom is 0.341 e. The van der Waals surface area contributed by atoms with Gasteiger partial charge in [0.25, 0.3) is 0 Å². The van der Waals surface area contributed by atoms with Gasteiger partial charge in [0, 0.05) is 17.5 Å². The Labute approximate surface area is 183 Å². The largest absolute Gasteiger partial charge is 0.462 e. The molecule has 1 aromatic rings. The second kappa shape index (κ2) is 7.52. The minimum atomic E-state index is -0.199. The zero-order chi connectivity index (χ0) is 20.2. The molecule has 5 aliphatic rings. The summed E-state index contributed by atoms with van der Waals surface area (Å²) >= 11 is 7.63. The average Bonchev–Trinajstić information content (AvgIpc) is 3.04. The Hall–Kier alpha value is -1.14. The first-order valence-corrected chi connectivity index (χ1v) is 12.6. The predicted molar refractivity (Wildman–Crippen MR) is 122 cm³/mol. The molecule has 6 heteroatoms. The van der Waals surface area contributed by atoms with Gasteiger partial charge in [-0.1, -0.05) is 0 Å². The van der Waals surface area contributed by atoms with E-state index >= 15 is 0 Å². The molecule has 4 fully saturated rings. The lowest BCUT2D eigenvalue weighted by Crippen LogP contribution is -2.60. The quantitative estimate of drug-likeness (QED) is 0.509. The molecule has 0 saturated heterocycles. The predicted octanol–water partition coefficient (Wildman–Crippen LogP) is 5.40. The van der Waals surface area contributed by atoms with Gasteiger partial charge < -0.3 is 15.0 Å². The van der Waals surface area contributed by atoms with Crippen LogP contribution in [0, 0.1) is 17.8 Å². The van der Waals surface area contributed by atoms with Crippen molar-refractivity contribution in [1.82, 2.24) is 4.90 Å². The minimum Gasteiger partial charge on any atom is -0.462 e. The van der Waals surface area contributed by atoms with E-state index < -0.39 is 0 Å². The number of thiocarbonyl (C=S) groups is 1. The van der Waals surface area contributed by atoms with Crippen LogP contribution in [0.2, 0.25) is 0 Å². The van der Waals surface area contributed by atoms with E-state index in [0.29, 0.717) is 6.61 Å². The Morgan fingerprint density at radius 2 is 1.79 bits per heavy atom. The third kappa shape index (κ3) is 3.40. The number of thiophene rings is 1.